The predicted molar refractivity (Wildman–Crippen MR) is 117 cm³/mol. The van der Waals surface area contributed by atoms with Crippen molar-refractivity contribution in [3.8, 4) is 11.8 Å². The van der Waals surface area contributed by atoms with Gasteiger partial charge in [-0.2, -0.15) is 5.26 Å². The molecule has 1 aromatic heterocycles. The van der Waals surface area contributed by atoms with Crippen LogP contribution in [0.2, 0.25) is 10.0 Å². The second-order valence-electron chi connectivity index (χ2n) is 6.39. The van der Waals surface area contributed by atoms with E-state index in [1.54, 1.807) is 49.4 Å². The summed E-state index contributed by atoms with van der Waals surface area (Å²) >= 11 is 12.3. The van der Waals surface area contributed by atoms with E-state index >= 15 is 0 Å². The molecule has 1 heterocycles. The average molecular weight is 426 g/mol. The molecule has 0 aliphatic heterocycles. The van der Waals surface area contributed by atoms with Gasteiger partial charge in [0.15, 0.2) is 0 Å². The van der Waals surface area contributed by atoms with Crippen LogP contribution >= 0.6 is 23.2 Å². The summed E-state index contributed by atoms with van der Waals surface area (Å²) in [5.41, 5.74) is 6.78. The van der Waals surface area contributed by atoms with E-state index in [-0.39, 0.29) is 11.4 Å². The molecule has 0 spiro atoms. The van der Waals surface area contributed by atoms with Gasteiger partial charge < -0.3 is 11.1 Å². The third-order valence-electron chi connectivity index (χ3n) is 4.50. The number of hydrogen-bond donors (Lipinski definition) is 2. The van der Waals surface area contributed by atoms with Crippen LogP contribution in [0.25, 0.3) is 16.5 Å². The highest BCUT2D eigenvalue weighted by Crippen LogP contribution is 2.27. The molecule has 146 valence electrons. The number of amidine groups is 1. The van der Waals surface area contributed by atoms with Crippen molar-refractivity contribution in [2.24, 2.45) is 16.6 Å². The van der Waals surface area contributed by atoms with E-state index in [0.29, 0.717) is 32.2 Å². The molecular formula is C21H17Cl2N5O. The molecular weight excluding hydrogens is 409 g/mol. The average Bonchev–Trinajstić information content (AvgIpc) is 2.69. The van der Waals surface area contributed by atoms with Crippen LogP contribution < -0.4 is 11.3 Å². The molecule has 6 nitrogen and oxygen atoms in total. The molecule has 0 aliphatic rings. The van der Waals surface area contributed by atoms with Crippen molar-refractivity contribution in [1.29, 1.82) is 10.7 Å². The maximum Gasteiger partial charge on any atom is 0.264 e. The fraction of sp³-hybridized carbons (Fsp3) is 0.143. The second kappa shape index (κ2) is 8.48. The van der Waals surface area contributed by atoms with Crippen molar-refractivity contribution in [3.05, 3.63) is 74.6 Å². The molecule has 0 saturated carbocycles. The first-order valence-corrected chi connectivity index (χ1v) is 9.46. The van der Waals surface area contributed by atoms with E-state index in [9.17, 15) is 4.79 Å². The first kappa shape index (κ1) is 20.6. The maximum absolute atomic E-state index is 13.4. The zero-order valence-corrected chi connectivity index (χ0v) is 16.9. The number of nitrogens with zero attached hydrogens (tertiary/aromatic N) is 3. The molecule has 0 bridgehead atoms. The molecule has 8 heteroatoms. The zero-order valence-electron chi connectivity index (χ0n) is 15.4. The summed E-state index contributed by atoms with van der Waals surface area (Å²) in [6.45, 7) is 1.77. The Labute approximate surface area is 177 Å². The Kier molecular flexibility index (Phi) is 6.02. The van der Waals surface area contributed by atoms with Gasteiger partial charge in [-0.05, 0) is 48.7 Å². The monoisotopic (exact) mass is 425 g/mol. The van der Waals surface area contributed by atoms with Crippen LogP contribution in [0.3, 0.4) is 0 Å². The van der Waals surface area contributed by atoms with Crippen LogP contribution in [-0.4, -0.2) is 16.6 Å². The number of aliphatic imine (C=N–C) groups is 1. The van der Waals surface area contributed by atoms with Crippen LogP contribution in [-0.2, 0) is 0 Å². The molecule has 0 fully saturated rings. The summed E-state index contributed by atoms with van der Waals surface area (Å²) in [6.07, 6.45) is 0.929. The highest BCUT2D eigenvalue weighted by atomic mass is 35.5. The van der Waals surface area contributed by atoms with Crippen molar-refractivity contribution in [1.82, 2.24) is 4.57 Å². The van der Waals surface area contributed by atoms with Crippen LogP contribution in [0.15, 0.2) is 58.3 Å². The largest absolute Gasteiger partial charge is 0.386 e. The molecule has 2 atom stereocenters. The van der Waals surface area contributed by atoms with Gasteiger partial charge in [-0.15, -0.1) is 0 Å². The lowest BCUT2D eigenvalue weighted by Gasteiger charge is -2.19. The van der Waals surface area contributed by atoms with Gasteiger partial charge in [0.05, 0.1) is 28.2 Å². The number of aromatic nitrogens is 1. The third-order valence-corrected chi connectivity index (χ3v) is 5.07. The molecule has 29 heavy (non-hydrogen) atoms. The van der Waals surface area contributed by atoms with Gasteiger partial charge in [0, 0.05) is 16.9 Å². The topological polar surface area (TPSA) is 108 Å². The summed E-state index contributed by atoms with van der Waals surface area (Å²) in [5.74, 6) is -0.917. The summed E-state index contributed by atoms with van der Waals surface area (Å²) in [5, 5.41) is 18.4. The Balaban J connectivity index is 2.30. The molecule has 3 N–H and O–H groups in total. The summed E-state index contributed by atoms with van der Waals surface area (Å²) in [6, 6.07) is 15.2. The first-order valence-electron chi connectivity index (χ1n) is 8.71. The van der Waals surface area contributed by atoms with E-state index in [1.165, 1.54) is 4.57 Å². The lowest BCUT2D eigenvalue weighted by atomic mass is 10.1. The van der Waals surface area contributed by atoms with Crippen molar-refractivity contribution in [2.75, 3.05) is 0 Å². The van der Waals surface area contributed by atoms with Gasteiger partial charge in [-0.3, -0.25) is 14.4 Å². The number of fused-ring (bicyclic) bond motifs is 1. The van der Waals surface area contributed by atoms with E-state index < -0.39 is 12.0 Å². The molecule has 0 radical (unpaired) electrons. The number of nitriles is 1. The fourth-order valence-corrected chi connectivity index (χ4v) is 3.45. The Morgan fingerprint density at radius 3 is 2.59 bits per heavy atom. The van der Waals surface area contributed by atoms with Crippen LogP contribution in [0.4, 0.5) is 0 Å². The molecule has 0 amide bonds. The minimum atomic E-state index is -0.928. The Morgan fingerprint density at radius 1 is 1.28 bits per heavy atom. The van der Waals surface area contributed by atoms with E-state index in [0.717, 1.165) is 6.21 Å². The highest BCUT2D eigenvalue weighted by Gasteiger charge is 2.19. The molecule has 0 saturated heterocycles. The Hall–Kier alpha value is -3.14. The maximum atomic E-state index is 13.4. The Morgan fingerprint density at radius 2 is 1.97 bits per heavy atom. The van der Waals surface area contributed by atoms with Crippen molar-refractivity contribution >= 4 is 46.0 Å². The smallest absolute Gasteiger partial charge is 0.264 e. The van der Waals surface area contributed by atoms with E-state index in [4.69, 9.17) is 39.6 Å². The quantitative estimate of drug-likeness (QED) is 0.463. The molecule has 0 aliphatic carbocycles. The molecule has 3 rings (SSSR count). The summed E-state index contributed by atoms with van der Waals surface area (Å²) in [4.78, 5) is 17.7. The fourth-order valence-electron chi connectivity index (χ4n) is 3.06. The van der Waals surface area contributed by atoms with E-state index in [2.05, 4.69) is 4.99 Å². The third kappa shape index (κ3) is 4.02. The van der Waals surface area contributed by atoms with Gasteiger partial charge in [-0.1, -0.05) is 35.3 Å². The number of rotatable bonds is 5. The highest BCUT2D eigenvalue weighted by molar-refractivity contribution is 6.35. The standard InChI is InChI=1S/C21H17Cl2N5O/c1-12(27-20(26)14(10-24)11-25)18-9-13-3-2-4-17(23)19(13)21(29)28(18)16-7-5-15(22)6-8-16/h2-10,12,14,24H,1H3,(H2,26,27). The van der Waals surface area contributed by atoms with Gasteiger partial charge in [0.25, 0.3) is 5.56 Å². The van der Waals surface area contributed by atoms with Gasteiger partial charge in [-0.25, -0.2) is 0 Å². The van der Waals surface area contributed by atoms with Gasteiger partial charge in [0.1, 0.15) is 11.8 Å². The number of nitrogens with two attached hydrogens (primary N) is 1. The molecule has 2 unspecified atom stereocenters. The Bertz CT molecular complexity index is 1210. The van der Waals surface area contributed by atoms with Crippen molar-refractivity contribution < 1.29 is 0 Å². The number of halogens is 2. The van der Waals surface area contributed by atoms with Crippen LogP contribution in [0.5, 0.6) is 0 Å². The van der Waals surface area contributed by atoms with Crippen molar-refractivity contribution in [3.63, 3.8) is 0 Å². The van der Waals surface area contributed by atoms with Crippen LogP contribution in [0, 0.1) is 22.7 Å². The minimum absolute atomic E-state index is 0.0105. The number of pyridine rings is 1. The molecule has 2 aromatic carbocycles. The summed E-state index contributed by atoms with van der Waals surface area (Å²) in [7, 11) is 0. The zero-order chi connectivity index (χ0) is 21.1. The van der Waals surface area contributed by atoms with Crippen molar-refractivity contribution in [2.45, 2.75) is 13.0 Å². The normalized spacial score (nSPS) is 13.7. The SMILES string of the molecule is CC(N=C(N)C(C#N)C=N)c1cc2cccc(Cl)c2c(=O)n1-c1ccc(Cl)cc1. The first-order chi connectivity index (χ1) is 13.9. The van der Waals surface area contributed by atoms with Gasteiger partial charge in [0.2, 0.25) is 0 Å². The van der Waals surface area contributed by atoms with Crippen LogP contribution in [0.1, 0.15) is 18.7 Å². The van der Waals surface area contributed by atoms with E-state index in [1.807, 2.05) is 12.1 Å². The summed E-state index contributed by atoms with van der Waals surface area (Å²) < 4.78 is 1.51. The number of nitrogens with one attached hydrogen (secondary N) is 1. The second-order valence-corrected chi connectivity index (χ2v) is 7.24. The number of benzene rings is 2. The van der Waals surface area contributed by atoms with Gasteiger partial charge >= 0.3 is 0 Å². The molecule has 3 aromatic rings. The minimum Gasteiger partial charge on any atom is -0.386 e. The lowest BCUT2D eigenvalue weighted by molar-refractivity contribution is 0.731. The lowest BCUT2D eigenvalue weighted by Crippen LogP contribution is -2.26. The number of hydrogen-bond acceptors (Lipinski definition) is 4. The predicted octanol–water partition coefficient (Wildman–Crippen LogP) is 4.51.